The highest BCUT2D eigenvalue weighted by Gasteiger charge is 2.13. The van der Waals surface area contributed by atoms with Crippen molar-refractivity contribution in [1.29, 1.82) is 0 Å². The van der Waals surface area contributed by atoms with Gasteiger partial charge in [0.1, 0.15) is 0 Å². The average molecular weight is 294 g/mol. The fourth-order valence-electron chi connectivity index (χ4n) is 1.85. The van der Waals surface area contributed by atoms with Crippen LogP contribution < -0.4 is 10.4 Å². The molecule has 22 heavy (non-hydrogen) atoms. The maximum Gasteiger partial charge on any atom is 0.248 e. The van der Waals surface area contributed by atoms with Gasteiger partial charge in [-0.3, -0.25) is 9.59 Å². The number of hydrogen-bond acceptors (Lipinski definition) is 4. The summed E-state index contributed by atoms with van der Waals surface area (Å²) in [5, 5.41) is 12.8. The Morgan fingerprint density at radius 2 is 1.50 bits per heavy atom. The molecule has 0 saturated carbocycles. The van der Waals surface area contributed by atoms with Crippen molar-refractivity contribution in [1.82, 2.24) is 0 Å². The minimum absolute atomic E-state index is 0.236. The number of ketones is 1. The fourth-order valence-corrected chi connectivity index (χ4v) is 1.85. The van der Waals surface area contributed by atoms with Crippen molar-refractivity contribution in [3.8, 4) is 0 Å². The number of carboxylic acids is 1. The van der Waals surface area contributed by atoms with Gasteiger partial charge in [-0.05, 0) is 18.2 Å². The van der Waals surface area contributed by atoms with Crippen LogP contribution in [0.3, 0.4) is 0 Å². The minimum Gasteiger partial charge on any atom is -0.545 e. The molecule has 0 unspecified atom stereocenters. The number of para-hydroxylation sites is 1. The van der Waals surface area contributed by atoms with Crippen molar-refractivity contribution in [3.05, 3.63) is 77.9 Å². The topological polar surface area (TPSA) is 86.3 Å². The normalized spacial score (nSPS) is 10.4. The van der Waals surface area contributed by atoms with Gasteiger partial charge in [0.15, 0.2) is 5.78 Å². The molecule has 0 aliphatic carbocycles. The van der Waals surface area contributed by atoms with E-state index in [-0.39, 0.29) is 5.78 Å². The first-order valence-corrected chi connectivity index (χ1v) is 6.47. The molecule has 0 saturated heterocycles. The third-order valence-electron chi connectivity index (χ3n) is 2.84. The number of aliphatic carboxylic acids is 1. The molecule has 2 rings (SSSR count). The van der Waals surface area contributed by atoms with Crippen molar-refractivity contribution < 1.29 is 19.5 Å². The minimum atomic E-state index is -1.47. The molecule has 0 heterocycles. The largest absolute Gasteiger partial charge is 0.545 e. The van der Waals surface area contributed by atoms with Gasteiger partial charge in [-0.15, -0.1) is 0 Å². The van der Waals surface area contributed by atoms with E-state index in [4.69, 9.17) is 0 Å². The van der Waals surface area contributed by atoms with Gasteiger partial charge in [0.05, 0.1) is 11.7 Å². The highest BCUT2D eigenvalue weighted by atomic mass is 16.4. The van der Waals surface area contributed by atoms with Crippen LogP contribution in [0.15, 0.2) is 66.7 Å². The van der Waals surface area contributed by atoms with Gasteiger partial charge < -0.3 is 15.2 Å². The number of benzene rings is 2. The van der Waals surface area contributed by atoms with E-state index >= 15 is 0 Å². The van der Waals surface area contributed by atoms with E-state index in [0.29, 0.717) is 22.9 Å². The summed E-state index contributed by atoms with van der Waals surface area (Å²) in [6, 6.07) is 15.2. The Hall–Kier alpha value is -3.21. The highest BCUT2D eigenvalue weighted by molar-refractivity contribution is 6.14. The number of hydrogen-bond donors (Lipinski definition) is 1. The van der Waals surface area contributed by atoms with Crippen LogP contribution in [-0.4, -0.2) is 17.7 Å². The number of carbonyl (C=O) groups is 3. The zero-order valence-corrected chi connectivity index (χ0v) is 11.5. The first-order valence-electron chi connectivity index (χ1n) is 6.47. The molecule has 0 bridgehead atoms. The highest BCUT2D eigenvalue weighted by Crippen LogP contribution is 2.19. The lowest BCUT2D eigenvalue weighted by molar-refractivity contribution is -0.297. The number of nitrogens with one attached hydrogen (secondary N) is 1. The van der Waals surface area contributed by atoms with Crippen LogP contribution in [-0.2, 0) is 9.59 Å². The lowest BCUT2D eigenvalue weighted by atomic mass is 10.0. The van der Waals surface area contributed by atoms with Crippen molar-refractivity contribution in [3.63, 3.8) is 0 Å². The smallest absolute Gasteiger partial charge is 0.248 e. The number of carboxylic acid groups (broad SMARTS) is 1. The van der Waals surface area contributed by atoms with Crippen molar-refractivity contribution in [2.24, 2.45) is 0 Å². The van der Waals surface area contributed by atoms with Crippen molar-refractivity contribution in [2.75, 3.05) is 5.32 Å². The Bertz CT molecular complexity index is 735. The van der Waals surface area contributed by atoms with Gasteiger partial charge in [0.2, 0.25) is 5.91 Å². The van der Waals surface area contributed by atoms with Crippen LogP contribution in [0, 0.1) is 0 Å². The Kier molecular flexibility index (Phi) is 4.82. The summed E-state index contributed by atoms with van der Waals surface area (Å²) in [4.78, 5) is 34.4. The number of carbonyl (C=O) groups excluding carboxylic acids is 3. The predicted octanol–water partition coefficient (Wildman–Crippen LogP) is 1.16. The molecule has 2 aromatic carbocycles. The second-order valence-corrected chi connectivity index (χ2v) is 4.38. The monoisotopic (exact) mass is 294 g/mol. The van der Waals surface area contributed by atoms with E-state index in [2.05, 4.69) is 5.32 Å². The summed E-state index contributed by atoms with van der Waals surface area (Å²) in [5.41, 5.74) is 1.13. The molecule has 0 spiro atoms. The fraction of sp³-hybridized carbons (Fsp3) is 0. The van der Waals surface area contributed by atoms with E-state index in [1.807, 2.05) is 0 Å². The molecule has 0 atom stereocenters. The molecule has 5 heteroatoms. The molecule has 0 aliphatic rings. The molecule has 1 N–H and O–H groups in total. The Morgan fingerprint density at radius 3 is 2.18 bits per heavy atom. The molecular formula is C17H12NO4-. The zero-order chi connectivity index (χ0) is 15.9. The third-order valence-corrected chi connectivity index (χ3v) is 2.84. The Balaban J connectivity index is 2.26. The van der Waals surface area contributed by atoms with Crippen LogP contribution >= 0.6 is 0 Å². The van der Waals surface area contributed by atoms with E-state index in [0.717, 1.165) is 6.08 Å². The lowest BCUT2D eigenvalue weighted by Crippen LogP contribution is -2.20. The summed E-state index contributed by atoms with van der Waals surface area (Å²) >= 11 is 0. The molecule has 5 nitrogen and oxygen atoms in total. The summed E-state index contributed by atoms with van der Waals surface area (Å²) < 4.78 is 0. The molecule has 0 aliphatic heterocycles. The molecule has 0 radical (unpaired) electrons. The second-order valence-electron chi connectivity index (χ2n) is 4.38. The summed E-state index contributed by atoms with van der Waals surface area (Å²) in [5.74, 6) is -2.36. The summed E-state index contributed by atoms with van der Waals surface area (Å²) in [7, 11) is 0. The van der Waals surface area contributed by atoms with Crippen LogP contribution in [0.1, 0.15) is 15.9 Å². The summed E-state index contributed by atoms with van der Waals surface area (Å²) in [6.45, 7) is 0. The van der Waals surface area contributed by atoms with E-state index in [1.54, 1.807) is 54.6 Å². The van der Waals surface area contributed by atoms with Crippen molar-refractivity contribution >= 4 is 23.3 Å². The molecule has 110 valence electrons. The quantitative estimate of drug-likeness (QED) is 0.662. The van der Waals surface area contributed by atoms with Gasteiger partial charge in [-0.2, -0.15) is 0 Å². The SMILES string of the molecule is O=C([O-])/C=C/C(=O)Nc1ccccc1C(=O)c1ccccc1. The zero-order valence-electron chi connectivity index (χ0n) is 11.5. The van der Waals surface area contributed by atoms with Gasteiger partial charge in [0, 0.05) is 17.2 Å². The van der Waals surface area contributed by atoms with Crippen molar-refractivity contribution in [2.45, 2.75) is 0 Å². The maximum absolute atomic E-state index is 12.4. The van der Waals surface area contributed by atoms with Gasteiger partial charge in [-0.25, -0.2) is 0 Å². The van der Waals surface area contributed by atoms with E-state index in [1.165, 1.54) is 0 Å². The standard InChI is InChI=1S/C17H13NO4/c19-15(10-11-16(20)21)18-14-9-5-4-8-13(14)17(22)12-6-2-1-3-7-12/h1-11H,(H,18,19)(H,20,21)/p-1/b11-10+. The van der Waals surface area contributed by atoms with E-state index < -0.39 is 11.9 Å². The molecule has 0 fully saturated rings. The Morgan fingerprint density at radius 1 is 0.864 bits per heavy atom. The van der Waals surface area contributed by atoms with Crippen LogP contribution in [0.4, 0.5) is 5.69 Å². The Labute approximate surface area is 126 Å². The lowest BCUT2D eigenvalue weighted by Gasteiger charge is -2.09. The van der Waals surface area contributed by atoms with Crippen LogP contribution in [0.2, 0.25) is 0 Å². The maximum atomic E-state index is 12.4. The second kappa shape index (κ2) is 6.99. The molecule has 2 aromatic rings. The number of anilines is 1. The molecule has 0 aromatic heterocycles. The third kappa shape index (κ3) is 3.89. The predicted molar refractivity (Wildman–Crippen MR) is 79.1 cm³/mol. The van der Waals surface area contributed by atoms with E-state index in [9.17, 15) is 19.5 Å². The number of rotatable bonds is 5. The van der Waals surface area contributed by atoms with Crippen LogP contribution in [0.25, 0.3) is 0 Å². The first-order chi connectivity index (χ1) is 10.6. The van der Waals surface area contributed by atoms with Gasteiger partial charge >= 0.3 is 0 Å². The summed E-state index contributed by atoms with van der Waals surface area (Å²) in [6.07, 6.45) is 1.45. The first kappa shape index (κ1) is 15.2. The van der Waals surface area contributed by atoms with Gasteiger partial charge in [-0.1, -0.05) is 42.5 Å². The average Bonchev–Trinajstić information content (AvgIpc) is 2.53. The van der Waals surface area contributed by atoms with Crippen LogP contribution in [0.5, 0.6) is 0 Å². The number of amides is 1. The molecule has 1 amide bonds. The van der Waals surface area contributed by atoms with Gasteiger partial charge in [0.25, 0.3) is 0 Å². The molecular weight excluding hydrogens is 282 g/mol.